The molecule has 4 heteroatoms. The molecule has 1 aromatic heterocycles. The number of nitrogens with zero attached hydrogens (tertiary/aromatic N) is 2. The summed E-state index contributed by atoms with van der Waals surface area (Å²) in [5, 5.41) is 3.72. The van der Waals surface area contributed by atoms with Crippen molar-refractivity contribution in [3.05, 3.63) is 24.4 Å². The fourth-order valence-corrected chi connectivity index (χ4v) is 2.56. The van der Waals surface area contributed by atoms with Crippen molar-refractivity contribution >= 4 is 5.82 Å². The summed E-state index contributed by atoms with van der Waals surface area (Å²) in [7, 11) is 1.77. The molecule has 2 rings (SSSR count). The Hall–Kier alpha value is -1.13. The largest absolute Gasteiger partial charge is 0.383 e. The van der Waals surface area contributed by atoms with E-state index < -0.39 is 0 Å². The molecule has 106 valence electrons. The molecule has 1 aromatic rings. The van der Waals surface area contributed by atoms with Crippen LogP contribution >= 0.6 is 0 Å². The monoisotopic (exact) mass is 263 g/mol. The highest BCUT2D eigenvalue weighted by atomic mass is 16.5. The van der Waals surface area contributed by atoms with E-state index >= 15 is 0 Å². The molecule has 0 unspecified atom stereocenters. The zero-order valence-electron chi connectivity index (χ0n) is 12.2. The summed E-state index contributed by atoms with van der Waals surface area (Å²) < 4.78 is 5.30. The van der Waals surface area contributed by atoms with Gasteiger partial charge in [-0.05, 0) is 24.5 Å². The predicted octanol–water partition coefficient (Wildman–Crippen LogP) is 1.92. The Morgan fingerprint density at radius 2 is 2.32 bits per heavy atom. The van der Waals surface area contributed by atoms with Crippen LogP contribution in [-0.2, 0) is 4.74 Å². The Balaban J connectivity index is 1.88. The van der Waals surface area contributed by atoms with Crippen molar-refractivity contribution in [1.29, 1.82) is 0 Å². The van der Waals surface area contributed by atoms with Gasteiger partial charge in [-0.1, -0.05) is 19.9 Å². The zero-order chi connectivity index (χ0) is 13.7. The Labute approximate surface area is 116 Å². The minimum Gasteiger partial charge on any atom is -0.383 e. The standard InChI is InChI=1S/C15H25N3O/c1-12(2)14(11-19-3)17-13-7-9-18(10-13)15-6-4-5-8-16-15/h4-6,8,12-14,17H,7,9-11H2,1-3H3/t13-,14+/m0/s1. The highest BCUT2D eigenvalue weighted by Gasteiger charge is 2.26. The second-order valence-electron chi connectivity index (χ2n) is 5.59. The van der Waals surface area contributed by atoms with Crippen LogP contribution in [-0.4, -0.2) is 43.9 Å². The van der Waals surface area contributed by atoms with Crippen LogP contribution in [0.2, 0.25) is 0 Å². The molecule has 0 spiro atoms. The van der Waals surface area contributed by atoms with Crippen molar-refractivity contribution in [2.24, 2.45) is 5.92 Å². The first-order valence-electron chi connectivity index (χ1n) is 7.11. The molecule has 1 saturated heterocycles. The normalized spacial score (nSPS) is 21.1. The lowest BCUT2D eigenvalue weighted by atomic mass is 10.0. The van der Waals surface area contributed by atoms with E-state index in [9.17, 15) is 0 Å². The van der Waals surface area contributed by atoms with Crippen LogP contribution in [0.15, 0.2) is 24.4 Å². The highest BCUT2D eigenvalue weighted by molar-refractivity contribution is 5.39. The molecule has 1 N–H and O–H groups in total. The van der Waals surface area contributed by atoms with Gasteiger partial charge in [-0.2, -0.15) is 0 Å². The number of hydrogen-bond donors (Lipinski definition) is 1. The molecule has 0 amide bonds. The summed E-state index contributed by atoms with van der Waals surface area (Å²) in [6.07, 6.45) is 3.03. The van der Waals surface area contributed by atoms with Crippen LogP contribution in [0.1, 0.15) is 20.3 Å². The second-order valence-corrected chi connectivity index (χ2v) is 5.59. The van der Waals surface area contributed by atoms with Gasteiger partial charge in [-0.15, -0.1) is 0 Å². The maximum absolute atomic E-state index is 5.30. The third-order valence-corrected chi connectivity index (χ3v) is 3.76. The molecule has 4 nitrogen and oxygen atoms in total. The molecule has 19 heavy (non-hydrogen) atoms. The van der Waals surface area contributed by atoms with Crippen molar-refractivity contribution in [2.45, 2.75) is 32.4 Å². The van der Waals surface area contributed by atoms with E-state index in [0.29, 0.717) is 18.0 Å². The van der Waals surface area contributed by atoms with Gasteiger partial charge in [0.1, 0.15) is 5.82 Å². The first kappa shape index (κ1) is 14.3. The number of nitrogens with one attached hydrogen (secondary N) is 1. The number of ether oxygens (including phenoxy) is 1. The van der Waals surface area contributed by atoms with E-state index in [-0.39, 0.29) is 0 Å². The molecular formula is C15H25N3O. The molecule has 0 saturated carbocycles. The van der Waals surface area contributed by atoms with Crippen molar-refractivity contribution in [3.8, 4) is 0 Å². The van der Waals surface area contributed by atoms with Gasteiger partial charge in [0.2, 0.25) is 0 Å². The summed E-state index contributed by atoms with van der Waals surface area (Å²) in [5.74, 6) is 1.67. The van der Waals surface area contributed by atoms with Gasteiger partial charge in [0, 0.05) is 38.5 Å². The Morgan fingerprint density at radius 3 is 2.95 bits per heavy atom. The van der Waals surface area contributed by atoms with E-state index in [1.54, 1.807) is 7.11 Å². The molecule has 0 radical (unpaired) electrons. The fourth-order valence-electron chi connectivity index (χ4n) is 2.56. The third-order valence-electron chi connectivity index (χ3n) is 3.76. The fraction of sp³-hybridized carbons (Fsp3) is 0.667. The minimum atomic E-state index is 0.429. The average Bonchev–Trinajstić information content (AvgIpc) is 2.88. The van der Waals surface area contributed by atoms with Crippen molar-refractivity contribution in [3.63, 3.8) is 0 Å². The van der Waals surface area contributed by atoms with Gasteiger partial charge < -0.3 is 15.0 Å². The molecule has 1 fully saturated rings. The Morgan fingerprint density at radius 1 is 1.47 bits per heavy atom. The van der Waals surface area contributed by atoms with Crippen LogP contribution in [0, 0.1) is 5.92 Å². The molecule has 0 aliphatic carbocycles. The first-order valence-corrected chi connectivity index (χ1v) is 7.11. The Kier molecular flexibility index (Phi) is 5.16. The molecule has 2 heterocycles. The summed E-state index contributed by atoms with van der Waals surface area (Å²) in [5.41, 5.74) is 0. The topological polar surface area (TPSA) is 37.4 Å². The number of methoxy groups -OCH3 is 1. The van der Waals surface area contributed by atoms with E-state index in [0.717, 1.165) is 25.5 Å². The van der Waals surface area contributed by atoms with E-state index in [4.69, 9.17) is 4.74 Å². The lowest BCUT2D eigenvalue weighted by molar-refractivity contribution is 0.141. The van der Waals surface area contributed by atoms with Gasteiger partial charge in [0.25, 0.3) is 0 Å². The van der Waals surface area contributed by atoms with Gasteiger partial charge in [-0.3, -0.25) is 0 Å². The molecule has 0 bridgehead atoms. The van der Waals surface area contributed by atoms with Gasteiger partial charge in [-0.25, -0.2) is 4.98 Å². The molecule has 1 aliphatic rings. The average molecular weight is 263 g/mol. The SMILES string of the molecule is COC[C@@H](N[C@H]1CCN(c2ccccn2)C1)C(C)C. The number of pyridine rings is 1. The van der Waals surface area contributed by atoms with Crippen molar-refractivity contribution < 1.29 is 4.74 Å². The minimum absolute atomic E-state index is 0.429. The van der Waals surface area contributed by atoms with Gasteiger partial charge >= 0.3 is 0 Å². The predicted molar refractivity (Wildman–Crippen MR) is 78.5 cm³/mol. The van der Waals surface area contributed by atoms with E-state index in [1.807, 2.05) is 18.3 Å². The Bertz CT molecular complexity index is 369. The summed E-state index contributed by atoms with van der Waals surface area (Å²) >= 11 is 0. The second kappa shape index (κ2) is 6.87. The molecule has 2 atom stereocenters. The number of anilines is 1. The highest BCUT2D eigenvalue weighted by Crippen LogP contribution is 2.18. The summed E-state index contributed by atoms with van der Waals surface area (Å²) in [6, 6.07) is 7.05. The van der Waals surface area contributed by atoms with Gasteiger partial charge in [0.05, 0.1) is 6.61 Å². The van der Waals surface area contributed by atoms with Crippen LogP contribution in [0.3, 0.4) is 0 Å². The van der Waals surface area contributed by atoms with Crippen molar-refractivity contribution in [2.75, 3.05) is 31.7 Å². The van der Waals surface area contributed by atoms with Crippen molar-refractivity contribution in [1.82, 2.24) is 10.3 Å². The smallest absolute Gasteiger partial charge is 0.128 e. The molecule has 0 aromatic carbocycles. The van der Waals surface area contributed by atoms with E-state index in [1.165, 1.54) is 6.42 Å². The van der Waals surface area contributed by atoms with Crippen LogP contribution in [0.5, 0.6) is 0 Å². The van der Waals surface area contributed by atoms with Gasteiger partial charge in [0.15, 0.2) is 0 Å². The molecular weight excluding hydrogens is 238 g/mol. The third kappa shape index (κ3) is 3.91. The molecule has 1 aliphatic heterocycles. The van der Waals surface area contributed by atoms with Crippen LogP contribution < -0.4 is 10.2 Å². The first-order chi connectivity index (χ1) is 9.20. The lowest BCUT2D eigenvalue weighted by Gasteiger charge is -2.26. The number of rotatable bonds is 6. The van der Waals surface area contributed by atoms with Crippen LogP contribution in [0.4, 0.5) is 5.82 Å². The number of hydrogen-bond acceptors (Lipinski definition) is 4. The lowest BCUT2D eigenvalue weighted by Crippen LogP contribution is -2.45. The van der Waals surface area contributed by atoms with E-state index in [2.05, 4.69) is 35.1 Å². The zero-order valence-corrected chi connectivity index (χ0v) is 12.2. The maximum Gasteiger partial charge on any atom is 0.128 e. The quantitative estimate of drug-likeness (QED) is 0.851. The summed E-state index contributed by atoms with van der Waals surface area (Å²) in [6.45, 7) is 7.36. The maximum atomic E-state index is 5.30. The summed E-state index contributed by atoms with van der Waals surface area (Å²) in [4.78, 5) is 6.77. The van der Waals surface area contributed by atoms with Crippen LogP contribution in [0.25, 0.3) is 0 Å². The number of aromatic nitrogens is 1.